The molecule has 0 fully saturated rings. The minimum absolute atomic E-state index is 0.0599. The first-order valence-corrected chi connectivity index (χ1v) is 7.85. The van der Waals surface area contributed by atoms with Crippen molar-refractivity contribution in [3.63, 3.8) is 0 Å². The molecule has 0 aliphatic heterocycles. The quantitative estimate of drug-likeness (QED) is 0.442. The van der Waals surface area contributed by atoms with Crippen molar-refractivity contribution in [1.29, 1.82) is 0 Å². The van der Waals surface area contributed by atoms with E-state index in [4.69, 9.17) is 5.11 Å². The van der Waals surface area contributed by atoms with Crippen LogP contribution in [0.1, 0.15) is 26.3 Å². The molecule has 0 aliphatic carbocycles. The molecule has 0 saturated heterocycles. The molecular formula is C18H19N3O5. The monoisotopic (exact) mass is 357 g/mol. The lowest BCUT2D eigenvalue weighted by molar-refractivity contribution is -0.384. The number of nitro benzene ring substituents is 1. The van der Waals surface area contributed by atoms with Gasteiger partial charge in [0, 0.05) is 37.8 Å². The molecule has 8 heteroatoms. The van der Waals surface area contributed by atoms with Crippen LogP contribution in [0.2, 0.25) is 0 Å². The number of amides is 1. The lowest BCUT2D eigenvalue weighted by Gasteiger charge is -2.14. The summed E-state index contributed by atoms with van der Waals surface area (Å²) in [4.78, 5) is 37.4. The summed E-state index contributed by atoms with van der Waals surface area (Å²) in [5.41, 5.74) is 0.577. The number of nitrogens with zero attached hydrogens (tertiary/aromatic N) is 2. The summed E-state index contributed by atoms with van der Waals surface area (Å²) in [5, 5.41) is 22.6. The van der Waals surface area contributed by atoms with Gasteiger partial charge in [-0.2, -0.15) is 0 Å². The molecule has 2 aromatic rings. The van der Waals surface area contributed by atoms with Crippen LogP contribution in [-0.4, -0.2) is 49.0 Å². The first-order valence-electron chi connectivity index (χ1n) is 7.85. The molecule has 1 amide bonds. The fraction of sp³-hybridized carbons (Fsp3) is 0.222. The maximum Gasteiger partial charge on any atom is 0.293 e. The third-order valence-corrected chi connectivity index (χ3v) is 3.73. The standard InChI is InChI=1S/C18H19N3O5/c1-20(2)15-8-7-12(11-16(15)21(25)26)17(23)13-5-3-4-6-14(13)18(24)19-9-10-22/h3-8,11,22H,9-10H2,1-2H3,(H,19,24). The third kappa shape index (κ3) is 4.04. The summed E-state index contributed by atoms with van der Waals surface area (Å²) < 4.78 is 0. The van der Waals surface area contributed by atoms with E-state index in [1.54, 1.807) is 31.1 Å². The van der Waals surface area contributed by atoms with Gasteiger partial charge in [0.15, 0.2) is 5.78 Å². The first-order chi connectivity index (χ1) is 12.4. The Balaban J connectivity index is 2.46. The fourth-order valence-corrected chi connectivity index (χ4v) is 2.49. The summed E-state index contributed by atoms with van der Waals surface area (Å²) >= 11 is 0. The number of carbonyl (C=O) groups excluding carboxylic acids is 2. The number of rotatable bonds is 7. The number of carbonyl (C=O) groups is 2. The number of hydrogen-bond acceptors (Lipinski definition) is 6. The molecular weight excluding hydrogens is 338 g/mol. The van der Waals surface area contributed by atoms with Gasteiger partial charge in [-0.05, 0) is 18.2 Å². The molecule has 0 heterocycles. The van der Waals surface area contributed by atoms with E-state index in [9.17, 15) is 19.7 Å². The summed E-state index contributed by atoms with van der Waals surface area (Å²) in [5.74, 6) is -0.990. The van der Waals surface area contributed by atoms with Crippen LogP contribution in [0.4, 0.5) is 11.4 Å². The van der Waals surface area contributed by atoms with Crippen LogP contribution in [0.5, 0.6) is 0 Å². The zero-order valence-electron chi connectivity index (χ0n) is 14.4. The van der Waals surface area contributed by atoms with E-state index >= 15 is 0 Å². The smallest absolute Gasteiger partial charge is 0.293 e. The Morgan fingerprint density at radius 3 is 2.38 bits per heavy atom. The predicted molar refractivity (Wildman–Crippen MR) is 96.7 cm³/mol. The van der Waals surface area contributed by atoms with Crippen LogP contribution in [-0.2, 0) is 0 Å². The van der Waals surface area contributed by atoms with Crippen LogP contribution >= 0.6 is 0 Å². The zero-order chi connectivity index (χ0) is 19.3. The molecule has 0 spiro atoms. The van der Waals surface area contributed by atoms with Gasteiger partial charge in [0.1, 0.15) is 5.69 Å². The van der Waals surface area contributed by atoms with Gasteiger partial charge in [-0.1, -0.05) is 18.2 Å². The summed E-state index contributed by atoms with van der Waals surface area (Å²) in [6, 6.07) is 10.4. The SMILES string of the molecule is CN(C)c1ccc(C(=O)c2ccccc2C(=O)NCCO)cc1[N+](=O)[O-]. The van der Waals surface area contributed by atoms with Crippen LogP contribution < -0.4 is 10.2 Å². The summed E-state index contributed by atoms with van der Waals surface area (Å²) in [7, 11) is 3.34. The normalized spacial score (nSPS) is 10.3. The largest absolute Gasteiger partial charge is 0.395 e. The zero-order valence-corrected chi connectivity index (χ0v) is 14.4. The number of aliphatic hydroxyl groups is 1. The van der Waals surface area contributed by atoms with Gasteiger partial charge in [-0.3, -0.25) is 19.7 Å². The minimum Gasteiger partial charge on any atom is -0.395 e. The number of aliphatic hydroxyl groups excluding tert-OH is 1. The molecule has 0 atom stereocenters. The molecule has 26 heavy (non-hydrogen) atoms. The molecule has 0 aliphatic rings. The van der Waals surface area contributed by atoms with Gasteiger partial charge in [-0.25, -0.2) is 0 Å². The van der Waals surface area contributed by atoms with E-state index < -0.39 is 16.6 Å². The van der Waals surface area contributed by atoms with E-state index in [-0.39, 0.29) is 35.5 Å². The van der Waals surface area contributed by atoms with Crippen LogP contribution in [0, 0.1) is 10.1 Å². The lowest BCUT2D eigenvalue weighted by Crippen LogP contribution is -2.28. The molecule has 0 bridgehead atoms. The average Bonchev–Trinajstić information content (AvgIpc) is 2.64. The number of ketones is 1. The Bertz CT molecular complexity index is 848. The highest BCUT2D eigenvalue weighted by atomic mass is 16.6. The Hall–Kier alpha value is -3.26. The summed E-state index contributed by atoms with van der Waals surface area (Å²) in [6.45, 7) is -0.162. The Kier molecular flexibility index (Phi) is 6.03. The second-order valence-electron chi connectivity index (χ2n) is 5.71. The highest BCUT2D eigenvalue weighted by molar-refractivity contribution is 6.15. The Morgan fingerprint density at radius 2 is 1.81 bits per heavy atom. The highest BCUT2D eigenvalue weighted by Gasteiger charge is 2.22. The Morgan fingerprint density at radius 1 is 1.15 bits per heavy atom. The van der Waals surface area contributed by atoms with Crippen LogP contribution in [0.15, 0.2) is 42.5 Å². The highest BCUT2D eigenvalue weighted by Crippen LogP contribution is 2.29. The van der Waals surface area contributed by atoms with Crippen molar-refractivity contribution < 1.29 is 19.6 Å². The van der Waals surface area contributed by atoms with Gasteiger partial charge in [-0.15, -0.1) is 0 Å². The van der Waals surface area contributed by atoms with E-state index in [0.29, 0.717) is 5.69 Å². The Labute approximate surface area is 150 Å². The molecule has 0 radical (unpaired) electrons. The minimum atomic E-state index is -0.550. The maximum absolute atomic E-state index is 12.8. The third-order valence-electron chi connectivity index (χ3n) is 3.73. The molecule has 136 valence electrons. The van der Waals surface area contributed by atoms with E-state index in [0.717, 1.165) is 0 Å². The number of anilines is 1. The predicted octanol–water partition coefficient (Wildman–Crippen LogP) is 1.61. The summed E-state index contributed by atoms with van der Waals surface area (Å²) in [6.07, 6.45) is 0. The van der Waals surface area contributed by atoms with Crippen molar-refractivity contribution in [3.8, 4) is 0 Å². The van der Waals surface area contributed by atoms with Crippen molar-refractivity contribution in [2.24, 2.45) is 0 Å². The molecule has 0 aromatic heterocycles. The van der Waals surface area contributed by atoms with Crippen molar-refractivity contribution in [2.75, 3.05) is 32.1 Å². The van der Waals surface area contributed by atoms with E-state index in [2.05, 4.69) is 5.32 Å². The van der Waals surface area contributed by atoms with Crippen molar-refractivity contribution in [3.05, 3.63) is 69.3 Å². The molecule has 0 saturated carbocycles. The van der Waals surface area contributed by atoms with Crippen LogP contribution in [0.3, 0.4) is 0 Å². The fourth-order valence-electron chi connectivity index (χ4n) is 2.49. The number of nitrogens with one attached hydrogen (secondary N) is 1. The van der Waals surface area contributed by atoms with Crippen LogP contribution in [0.25, 0.3) is 0 Å². The van der Waals surface area contributed by atoms with Crippen molar-refractivity contribution in [1.82, 2.24) is 5.32 Å². The second-order valence-corrected chi connectivity index (χ2v) is 5.71. The van der Waals surface area contributed by atoms with Crippen molar-refractivity contribution >= 4 is 23.1 Å². The number of nitro groups is 1. The molecule has 8 nitrogen and oxygen atoms in total. The van der Waals surface area contributed by atoms with Gasteiger partial charge in [0.2, 0.25) is 0 Å². The number of hydrogen-bond donors (Lipinski definition) is 2. The lowest BCUT2D eigenvalue weighted by atomic mass is 9.97. The van der Waals surface area contributed by atoms with Gasteiger partial charge in [0.05, 0.1) is 17.1 Å². The van der Waals surface area contributed by atoms with Gasteiger partial charge in [0.25, 0.3) is 11.6 Å². The molecule has 0 unspecified atom stereocenters. The molecule has 2 aromatic carbocycles. The first kappa shape index (κ1) is 19.1. The topological polar surface area (TPSA) is 113 Å². The van der Waals surface area contributed by atoms with Gasteiger partial charge < -0.3 is 15.3 Å². The van der Waals surface area contributed by atoms with Gasteiger partial charge >= 0.3 is 0 Å². The molecule has 2 N–H and O–H groups in total. The number of benzene rings is 2. The van der Waals surface area contributed by atoms with Crippen molar-refractivity contribution in [2.45, 2.75) is 0 Å². The maximum atomic E-state index is 12.8. The van der Waals surface area contributed by atoms with E-state index in [1.807, 2.05) is 0 Å². The average molecular weight is 357 g/mol. The molecule has 2 rings (SSSR count). The van der Waals surface area contributed by atoms with E-state index in [1.165, 1.54) is 30.3 Å². The second kappa shape index (κ2) is 8.21.